The zero-order chi connectivity index (χ0) is 8.39. The number of hydrogen-bond donors (Lipinski definition) is 0. The summed E-state index contributed by atoms with van der Waals surface area (Å²) in [5, 5.41) is 4.02. The Balaban J connectivity index is 1.98. The highest BCUT2D eigenvalue weighted by molar-refractivity contribution is 4.98. The first-order valence-corrected chi connectivity index (χ1v) is 4.47. The van der Waals surface area contributed by atoms with Crippen LogP contribution in [0.25, 0.3) is 0 Å². The average Bonchev–Trinajstić information content (AvgIpc) is 2.65. The summed E-state index contributed by atoms with van der Waals surface area (Å²) in [6.45, 7) is 3.52. The van der Waals surface area contributed by atoms with Gasteiger partial charge >= 0.3 is 0 Å². The van der Waals surface area contributed by atoms with Crippen LogP contribution in [0, 0.1) is 6.20 Å². The van der Waals surface area contributed by atoms with Gasteiger partial charge in [0.15, 0.2) is 0 Å². The van der Waals surface area contributed by atoms with Crippen LogP contribution < -0.4 is 0 Å². The number of likely N-dealkylation sites (tertiary alicyclic amines) is 1. The lowest BCUT2D eigenvalue weighted by Crippen LogP contribution is -2.20. The van der Waals surface area contributed by atoms with Gasteiger partial charge in [0.25, 0.3) is 0 Å². The van der Waals surface area contributed by atoms with Crippen LogP contribution in [0.5, 0.6) is 0 Å². The molecule has 2 heterocycles. The molecule has 0 spiro atoms. The molecule has 1 fully saturated rings. The van der Waals surface area contributed by atoms with E-state index in [1.807, 2.05) is 17.8 Å². The van der Waals surface area contributed by atoms with E-state index < -0.39 is 0 Å². The summed E-state index contributed by atoms with van der Waals surface area (Å²) in [5.41, 5.74) is 1.26. The predicted octanol–water partition coefficient (Wildman–Crippen LogP) is 0.816. The molecule has 0 aliphatic carbocycles. The maximum Gasteiger partial charge on any atom is 0.113 e. The van der Waals surface area contributed by atoms with Crippen LogP contribution in [0.4, 0.5) is 0 Å². The maximum absolute atomic E-state index is 4.02. The molecule has 1 saturated heterocycles. The van der Waals surface area contributed by atoms with Crippen LogP contribution in [0.3, 0.4) is 0 Å². The molecule has 0 atom stereocenters. The molecule has 0 saturated carbocycles. The third-order valence-electron chi connectivity index (χ3n) is 2.44. The van der Waals surface area contributed by atoms with Crippen LogP contribution in [0.1, 0.15) is 18.5 Å². The molecule has 0 amide bonds. The molecule has 0 bridgehead atoms. The van der Waals surface area contributed by atoms with E-state index in [9.17, 15) is 0 Å². The minimum absolute atomic E-state index is 1.03. The second-order valence-electron chi connectivity index (χ2n) is 3.37. The molecule has 3 nitrogen and oxygen atoms in total. The quantitative estimate of drug-likeness (QED) is 0.645. The Morgan fingerprint density at radius 3 is 2.83 bits per heavy atom. The van der Waals surface area contributed by atoms with Crippen LogP contribution in [-0.4, -0.2) is 27.8 Å². The van der Waals surface area contributed by atoms with Crippen LogP contribution in [0.15, 0.2) is 6.07 Å². The van der Waals surface area contributed by atoms with Crippen molar-refractivity contribution in [2.24, 2.45) is 7.05 Å². The van der Waals surface area contributed by atoms with Gasteiger partial charge in [0.2, 0.25) is 0 Å². The summed E-state index contributed by atoms with van der Waals surface area (Å²) in [6, 6.07) is 1.97. The molecule has 0 unspecified atom stereocenters. The normalized spacial score (nSPS) is 18.8. The fourth-order valence-electron chi connectivity index (χ4n) is 1.67. The zero-order valence-corrected chi connectivity index (χ0v) is 7.45. The molecule has 1 aromatic heterocycles. The predicted molar refractivity (Wildman–Crippen MR) is 46.6 cm³/mol. The highest BCUT2D eigenvalue weighted by Gasteiger charge is 2.12. The van der Waals surface area contributed by atoms with E-state index >= 15 is 0 Å². The first-order valence-electron chi connectivity index (χ1n) is 4.47. The van der Waals surface area contributed by atoms with Gasteiger partial charge in [-0.05, 0) is 32.0 Å². The van der Waals surface area contributed by atoms with Gasteiger partial charge in [-0.1, -0.05) is 0 Å². The van der Waals surface area contributed by atoms with Crippen molar-refractivity contribution in [3.05, 3.63) is 18.0 Å². The van der Waals surface area contributed by atoms with E-state index in [0.29, 0.717) is 0 Å². The van der Waals surface area contributed by atoms with E-state index in [1.165, 1.54) is 31.6 Å². The van der Waals surface area contributed by atoms with Crippen molar-refractivity contribution >= 4 is 0 Å². The molecular formula is C9H14N3. The van der Waals surface area contributed by atoms with Gasteiger partial charge in [0, 0.05) is 13.6 Å². The summed E-state index contributed by atoms with van der Waals surface area (Å²) in [6.07, 6.45) is 5.56. The van der Waals surface area contributed by atoms with Gasteiger partial charge in [-0.25, -0.2) is 0 Å². The highest BCUT2D eigenvalue weighted by atomic mass is 15.3. The van der Waals surface area contributed by atoms with Gasteiger partial charge in [-0.3, -0.25) is 9.58 Å². The summed E-state index contributed by atoms with van der Waals surface area (Å²) in [5.74, 6) is 0. The third-order valence-corrected chi connectivity index (χ3v) is 2.44. The second kappa shape index (κ2) is 3.27. The van der Waals surface area contributed by atoms with Crippen molar-refractivity contribution in [3.63, 3.8) is 0 Å². The van der Waals surface area contributed by atoms with Gasteiger partial charge < -0.3 is 0 Å². The van der Waals surface area contributed by atoms with Gasteiger partial charge in [0.1, 0.15) is 6.20 Å². The molecule has 12 heavy (non-hydrogen) atoms. The Labute approximate surface area is 73.0 Å². The van der Waals surface area contributed by atoms with Crippen molar-refractivity contribution < 1.29 is 0 Å². The van der Waals surface area contributed by atoms with Crippen LogP contribution in [0.2, 0.25) is 0 Å². The number of hydrogen-bond acceptors (Lipinski definition) is 2. The molecule has 1 radical (unpaired) electrons. The van der Waals surface area contributed by atoms with Crippen molar-refractivity contribution in [2.75, 3.05) is 13.1 Å². The first-order chi connectivity index (χ1) is 5.86. The number of nitrogens with zero attached hydrogens (tertiary/aromatic N) is 3. The smallest absolute Gasteiger partial charge is 0.113 e. The van der Waals surface area contributed by atoms with Crippen molar-refractivity contribution in [1.82, 2.24) is 14.7 Å². The zero-order valence-electron chi connectivity index (χ0n) is 7.45. The maximum atomic E-state index is 4.02. The molecule has 3 heteroatoms. The monoisotopic (exact) mass is 164 g/mol. The van der Waals surface area contributed by atoms with E-state index in [2.05, 4.69) is 16.2 Å². The largest absolute Gasteiger partial charge is 0.298 e. The summed E-state index contributed by atoms with van der Waals surface area (Å²) < 4.78 is 1.90. The van der Waals surface area contributed by atoms with E-state index in [1.54, 1.807) is 0 Å². The molecule has 0 aromatic carbocycles. The molecule has 2 rings (SSSR count). The molecular weight excluding hydrogens is 150 g/mol. The van der Waals surface area contributed by atoms with E-state index in [0.717, 1.165) is 6.54 Å². The Hall–Kier alpha value is -0.830. The Morgan fingerprint density at radius 1 is 1.50 bits per heavy atom. The standard InChI is InChI=1S/C9H14N3/c1-11-9(4-5-10-11)8-12-6-2-3-7-12/h4H,2-3,6-8H2,1H3. The Morgan fingerprint density at radius 2 is 2.25 bits per heavy atom. The van der Waals surface area contributed by atoms with Gasteiger partial charge in [-0.15, -0.1) is 0 Å². The van der Waals surface area contributed by atoms with Crippen LogP contribution in [-0.2, 0) is 13.6 Å². The fourth-order valence-corrected chi connectivity index (χ4v) is 1.67. The summed E-state index contributed by atoms with van der Waals surface area (Å²) in [7, 11) is 1.97. The lowest BCUT2D eigenvalue weighted by molar-refractivity contribution is 0.321. The lowest BCUT2D eigenvalue weighted by Gasteiger charge is -2.13. The summed E-state index contributed by atoms with van der Waals surface area (Å²) >= 11 is 0. The SMILES string of the molecule is Cn1n[c]cc1CN1CCCC1. The van der Waals surface area contributed by atoms with Gasteiger partial charge in [-0.2, -0.15) is 5.10 Å². The Bertz CT molecular complexity index is 248. The number of aromatic nitrogens is 2. The van der Waals surface area contributed by atoms with Crippen molar-refractivity contribution in [3.8, 4) is 0 Å². The molecule has 1 aliphatic heterocycles. The van der Waals surface area contributed by atoms with Crippen molar-refractivity contribution in [1.29, 1.82) is 0 Å². The minimum Gasteiger partial charge on any atom is -0.298 e. The lowest BCUT2D eigenvalue weighted by atomic mass is 10.4. The van der Waals surface area contributed by atoms with Crippen molar-refractivity contribution in [2.45, 2.75) is 19.4 Å². The van der Waals surface area contributed by atoms with Crippen LogP contribution >= 0.6 is 0 Å². The first kappa shape index (κ1) is 7.80. The topological polar surface area (TPSA) is 21.1 Å². The highest BCUT2D eigenvalue weighted by Crippen LogP contribution is 2.11. The van der Waals surface area contributed by atoms with E-state index in [4.69, 9.17) is 0 Å². The number of rotatable bonds is 2. The third kappa shape index (κ3) is 1.50. The van der Waals surface area contributed by atoms with E-state index in [-0.39, 0.29) is 0 Å². The van der Waals surface area contributed by atoms with Gasteiger partial charge in [0.05, 0.1) is 5.69 Å². The Kier molecular flexibility index (Phi) is 2.13. The summed E-state index contributed by atoms with van der Waals surface area (Å²) in [4.78, 5) is 2.46. The molecule has 1 aliphatic rings. The minimum atomic E-state index is 1.03. The average molecular weight is 164 g/mol. The number of aryl methyl sites for hydroxylation is 1. The molecule has 65 valence electrons. The molecule has 0 N–H and O–H groups in total. The molecule has 1 aromatic rings. The fraction of sp³-hybridized carbons (Fsp3) is 0.667. The second-order valence-corrected chi connectivity index (χ2v) is 3.37.